The maximum Gasteiger partial charge on any atom is 0.295 e. The van der Waals surface area contributed by atoms with Gasteiger partial charge in [-0.25, -0.2) is 0 Å². The number of carbonyl (C=O) groups excluding carboxylic acids is 2. The van der Waals surface area contributed by atoms with Gasteiger partial charge in [0.15, 0.2) is 0 Å². The van der Waals surface area contributed by atoms with Crippen LogP contribution < -0.4 is 0 Å². The highest BCUT2D eigenvalue weighted by Gasteiger charge is 2.47. The Morgan fingerprint density at radius 3 is 2.64 bits per heavy atom. The Kier molecular flexibility index (Phi) is 5.33. The molecule has 1 aromatic carbocycles. The third-order valence-electron chi connectivity index (χ3n) is 5.41. The predicted octanol–water partition coefficient (Wildman–Crippen LogP) is 3.91. The number of carbonyl (C=O) groups is 2. The highest BCUT2D eigenvalue weighted by Crippen LogP contribution is 2.41. The number of ketones is 1. The summed E-state index contributed by atoms with van der Waals surface area (Å²) in [5.41, 5.74) is 1.86. The van der Waals surface area contributed by atoms with Crippen molar-refractivity contribution in [1.29, 1.82) is 0 Å². The van der Waals surface area contributed by atoms with E-state index in [9.17, 15) is 14.7 Å². The molecule has 146 valence electrons. The molecule has 3 heterocycles. The number of aryl methyl sites for hydroxylation is 1. The van der Waals surface area contributed by atoms with Crippen LogP contribution in [0.2, 0.25) is 0 Å². The molecule has 1 aromatic heterocycles. The molecule has 0 radical (unpaired) electrons. The Bertz CT molecular complexity index is 895. The molecule has 0 saturated carbocycles. The molecular weight excluding hydrogens is 374 g/mol. The molecule has 6 heteroatoms. The number of ether oxygens (including phenoxy) is 1. The van der Waals surface area contributed by atoms with E-state index in [4.69, 9.17) is 4.74 Å². The quantitative estimate of drug-likeness (QED) is 0.472. The van der Waals surface area contributed by atoms with Crippen molar-refractivity contribution in [1.82, 2.24) is 4.90 Å². The van der Waals surface area contributed by atoms with Crippen LogP contribution in [0, 0.1) is 0 Å². The molecule has 2 aliphatic heterocycles. The van der Waals surface area contributed by atoms with Gasteiger partial charge in [0.2, 0.25) is 0 Å². The van der Waals surface area contributed by atoms with E-state index in [-0.39, 0.29) is 17.4 Å². The first-order chi connectivity index (χ1) is 13.6. The first kappa shape index (κ1) is 18.9. The summed E-state index contributed by atoms with van der Waals surface area (Å²) < 4.78 is 5.69. The second-order valence-corrected chi connectivity index (χ2v) is 8.13. The van der Waals surface area contributed by atoms with Crippen molar-refractivity contribution in [2.75, 3.05) is 13.2 Å². The van der Waals surface area contributed by atoms with Crippen LogP contribution >= 0.6 is 11.3 Å². The van der Waals surface area contributed by atoms with Gasteiger partial charge in [-0.3, -0.25) is 9.59 Å². The number of hydrogen-bond donors (Lipinski definition) is 1. The highest BCUT2D eigenvalue weighted by molar-refractivity contribution is 7.10. The maximum absolute atomic E-state index is 12.9. The smallest absolute Gasteiger partial charge is 0.295 e. The number of Topliss-reactive ketones (excluding diaryl/α,β-unsaturated/α-hetero) is 1. The van der Waals surface area contributed by atoms with Crippen molar-refractivity contribution in [3.63, 3.8) is 0 Å². The Hall–Kier alpha value is -2.44. The zero-order valence-electron chi connectivity index (χ0n) is 15.8. The summed E-state index contributed by atoms with van der Waals surface area (Å²) in [4.78, 5) is 28.1. The lowest BCUT2D eigenvalue weighted by Crippen LogP contribution is -2.36. The number of aliphatic hydroxyl groups is 1. The molecule has 2 atom stereocenters. The van der Waals surface area contributed by atoms with Crippen molar-refractivity contribution in [2.45, 2.75) is 38.3 Å². The zero-order chi connectivity index (χ0) is 19.7. The lowest BCUT2D eigenvalue weighted by molar-refractivity contribution is -0.140. The Morgan fingerprint density at radius 1 is 1.25 bits per heavy atom. The molecule has 0 aliphatic carbocycles. The van der Waals surface area contributed by atoms with Crippen LogP contribution in [0.15, 0.2) is 47.4 Å². The van der Waals surface area contributed by atoms with Crippen molar-refractivity contribution in [3.05, 3.63) is 63.4 Å². The summed E-state index contributed by atoms with van der Waals surface area (Å²) in [6.45, 7) is 3.10. The van der Waals surface area contributed by atoms with Crippen molar-refractivity contribution in [3.8, 4) is 0 Å². The van der Waals surface area contributed by atoms with Crippen molar-refractivity contribution in [2.24, 2.45) is 0 Å². The van der Waals surface area contributed by atoms with Crippen molar-refractivity contribution < 1.29 is 19.4 Å². The molecule has 4 rings (SSSR count). The number of rotatable bonds is 5. The standard InChI is InChI=1S/C22H23NO4S/c1-2-14-7-9-15(10-8-14)20(24)18-19(17-6-4-12-28-17)23(22(26)21(18)25)13-16-5-3-11-27-16/h4,6-10,12,16,19,24H,2-3,5,11,13H2,1H3/b20-18-. The van der Waals surface area contributed by atoms with Crippen LogP contribution in [0.4, 0.5) is 0 Å². The maximum atomic E-state index is 12.9. The molecule has 2 fully saturated rings. The molecule has 1 amide bonds. The first-order valence-electron chi connectivity index (χ1n) is 9.63. The molecule has 2 saturated heterocycles. The van der Waals surface area contributed by atoms with E-state index < -0.39 is 17.7 Å². The number of benzene rings is 1. The second kappa shape index (κ2) is 7.89. The van der Waals surface area contributed by atoms with E-state index >= 15 is 0 Å². The van der Waals surface area contributed by atoms with Gasteiger partial charge in [0, 0.05) is 23.6 Å². The van der Waals surface area contributed by atoms with Crippen LogP contribution in [0.25, 0.3) is 5.76 Å². The summed E-state index contributed by atoms with van der Waals surface area (Å²) in [7, 11) is 0. The van der Waals surface area contributed by atoms with Gasteiger partial charge in [0.05, 0.1) is 17.7 Å². The van der Waals surface area contributed by atoms with Crippen LogP contribution in [-0.2, 0) is 20.7 Å². The zero-order valence-corrected chi connectivity index (χ0v) is 16.6. The van der Waals surface area contributed by atoms with E-state index in [1.54, 1.807) is 17.0 Å². The number of hydrogen-bond acceptors (Lipinski definition) is 5. The van der Waals surface area contributed by atoms with E-state index in [1.165, 1.54) is 11.3 Å². The molecule has 2 aliphatic rings. The van der Waals surface area contributed by atoms with Gasteiger partial charge >= 0.3 is 0 Å². The molecule has 28 heavy (non-hydrogen) atoms. The molecular formula is C22H23NO4S. The minimum atomic E-state index is -0.631. The molecule has 5 nitrogen and oxygen atoms in total. The summed E-state index contributed by atoms with van der Waals surface area (Å²) in [5, 5.41) is 12.9. The first-order valence-corrected chi connectivity index (χ1v) is 10.5. The predicted molar refractivity (Wildman–Crippen MR) is 108 cm³/mol. The van der Waals surface area contributed by atoms with Crippen LogP contribution in [-0.4, -0.2) is 41.0 Å². The van der Waals surface area contributed by atoms with Gasteiger partial charge in [0.1, 0.15) is 5.76 Å². The van der Waals surface area contributed by atoms with Gasteiger partial charge in [-0.05, 0) is 36.3 Å². The summed E-state index contributed by atoms with van der Waals surface area (Å²) in [6, 6.07) is 10.7. The third-order valence-corrected chi connectivity index (χ3v) is 6.34. The van der Waals surface area contributed by atoms with Crippen molar-refractivity contribution >= 4 is 28.8 Å². The van der Waals surface area contributed by atoms with Gasteiger partial charge in [-0.1, -0.05) is 37.3 Å². The van der Waals surface area contributed by atoms with E-state index in [2.05, 4.69) is 6.92 Å². The summed E-state index contributed by atoms with van der Waals surface area (Å²) in [5.74, 6) is -1.32. The SMILES string of the molecule is CCc1ccc(/C(O)=C2/C(=O)C(=O)N(CC3CCCO3)C2c2cccs2)cc1. The highest BCUT2D eigenvalue weighted by atomic mass is 32.1. The summed E-state index contributed by atoms with van der Waals surface area (Å²) >= 11 is 1.48. The van der Waals surface area contributed by atoms with E-state index in [1.807, 2.05) is 29.6 Å². The molecule has 1 N–H and O–H groups in total. The average molecular weight is 397 g/mol. The fraction of sp³-hybridized carbons (Fsp3) is 0.364. The lowest BCUT2D eigenvalue weighted by atomic mass is 9.99. The van der Waals surface area contributed by atoms with Crippen LogP contribution in [0.3, 0.4) is 0 Å². The molecule has 2 aromatic rings. The average Bonchev–Trinajstić information content (AvgIpc) is 3.46. The Balaban J connectivity index is 1.76. The summed E-state index contributed by atoms with van der Waals surface area (Å²) in [6.07, 6.45) is 2.66. The Labute approximate surface area is 168 Å². The molecule has 0 spiro atoms. The van der Waals surface area contributed by atoms with Crippen LogP contribution in [0.5, 0.6) is 0 Å². The number of nitrogens with zero attached hydrogens (tertiary/aromatic N) is 1. The normalized spacial score (nSPS) is 24.2. The number of likely N-dealkylation sites (tertiary alicyclic amines) is 1. The fourth-order valence-corrected chi connectivity index (χ4v) is 4.72. The monoisotopic (exact) mass is 397 g/mol. The number of thiophene rings is 1. The molecule has 2 unspecified atom stereocenters. The van der Waals surface area contributed by atoms with Crippen LogP contribution in [0.1, 0.15) is 41.8 Å². The van der Waals surface area contributed by atoms with E-state index in [0.29, 0.717) is 18.7 Å². The van der Waals surface area contributed by atoms with Gasteiger partial charge in [-0.2, -0.15) is 0 Å². The second-order valence-electron chi connectivity index (χ2n) is 7.15. The fourth-order valence-electron chi connectivity index (χ4n) is 3.87. The Morgan fingerprint density at radius 2 is 2.04 bits per heavy atom. The lowest BCUT2D eigenvalue weighted by Gasteiger charge is -2.26. The third kappa shape index (κ3) is 3.38. The topological polar surface area (TPSA) is 66.8 Å². The van der Waals surface area contributed by atoms with Gasteiger partial charge in [0.25, 0.3) is 11.7 Å². The number of amides is 1. The molecule has 0 bridgehead atoms. The minimum absolute atomic E-state index is 0.0652. The van der Waals surface area contributed by atoms with Gasteiger partial charge in [-0.15, -0.1) is 11.3 Å². The minimum Gasteiger partial charge on any atom is -0.507 e. The largest absolute Gasteiger partial charge is 0.507 e. The number of aliphatic hydroxyl groups excluding tert-OH is 1. The van der Waals surface area contributed by atoms with E-state index in [0.717, 1.165) is 29.7 Å². The van der Waals surface area contributed by atoms with Gasteiger partial charge < -0.3 is 14.7 Å².